The number of hydrogen-bond donors (Lipinski definition) is 2. The Hall–Kier alpha value is -1.81. The van der Waals surface area contributed by atoms with Crippen molar-refractivity contribution in [3.05, 3.63) is 40.7 Å². The lowest BCUT2D eigenvalue weighted by Gasteiger charge is -2.50. The topological polar surface area (TPSA) is 54.3 Å². The summed E-state index contributed by atoms with van der Waals surface area (Å²) in [6.07, 6.45) is 0.439. The Kier molecular flexibility index (Phi) is 2.87. The molecule has 2 aromatic rings. The minimum atomic E-state index is -0.280. The highest BCUT2D eigenvalue weighted by molar-refractivity contribution is 5.91. The number of benzene rings is 1. The lowest BCUT2D eigenvalue weighted by Crippen LogP contribution is -2.57. The highest BCUT2D eigenvalue weighted by atomic mass is 16.3. The first-order chi connectivity index (χ1) is 9.41. The number of pyridine rings is 1. The van der Waals surface area contributed by atoms with E-state index in [9.17, 15) is 9.90 Å². The van der Waals surface area contributed by atoms with Crippen LogP contribution in [0.1, 0.15) is 20.3 Å². The van der Waals surface area contributed by atoms with Gasteiger partial charge in [-0.05, 0) is 12.5 Å². The van der Waals surface area contributed by atoms with Gasteiger partial charge in [-0.1, -0.05) is 32.0 Å². The molecule has 1 aliphatic rings. The Bertz CT molecular complexity index is 718. The Morgan fingerprint density at radius 2 is 2.05 bits per heavy atom. The number of fused-ring (bicyclic) bond motifs is 1. The molecule has 4 nitrogen and oxygen atoms in total. The highest BCUT2D eigenvalue weighted by Gasteiger charge is 2.47. The molecule has 0 spiro atoms. The van der Waals surface area contributed by atoms with Crippen LogP contribution in [-0.2, 0) is 7.05 Å². The Morgan fingerprint density at radius 3 is 2.70 bits per heavy atom. The summed E-state index contributed by atoms with van der Waals surface area (Å²) in [6, 6.07) is 9.69. The number of rotatable bonds is 2. The molecule has 1 saturated carbocycles. The highest BCUT2D eigenvalue weighted by Crippen LogP contribution is 2.42. The van der Waals surface area contributed by atoms with Crippen LogP contribution < -0.4 is 10.9 Å². The Labute approximate surface area is 118 Å². The van der Waals surface area contributed by atoms with Gasteiger partial charge in [0.25, 0.3) is 5.56 Å². The zero-order chi connectivity index (χ0) is 14.5. The van der Waals surface area contributed by atoms with Crippen LogP contribution in [0.2, 0.25) is 0 Å². The van der Waals surface area contributed by atoms with Crippen LogP contribution in [0.5, 0.6) is 0 Å². The molecule has 2 unspecified atom stereocenters. The lowest BCUT2D eigenvalue weighted by atomic mass is 9.64. The summed E-state index contributed by atoms with van der Waals surface area (Å²) >= 11 is 0. The van der Waals surface area contributed by atoms with Crippen molar-refractivity contribution in [1.82, 2.24) is 4.57 Å². The van der Waals surface area contributed by atoms with Crippen LogP contribution in [0.25, 0.3) is 10.9 Å². The fraction of sp³-hybridized carbons (Fsp3) is 0.438. The van der Waals surface area contributed by atoms with E-state index in [0.717, 1.165) is 23.0 Å². The average Bonchev–Trinajstić information content (AvgIpc) is 2.44. The van der Waals surface area contributed by atoms with Gasteiger partial charge in [0.15, 0.2) is 0 Å². The first-order valence-corrected chi connectivity index (χ1v) is 6.94. The van der Waals surface area contributed by atoms with E-state index in [4.69, 9.17) is 0 Å². The van der Waals surface area contributed by atoms with Crippen molar-refractivity contribution in [2.45, 2.75) is 32.4 Å². The molecule has 0 aliphatic heterocycles. The molecule has 4 heteroatoms. The van der Waals surface area contributed by atoms with Gasteiger partial charge in [0.2, 0.25) is 0 Å². The molecule has 2 atom stereocenters. The van der Waals surface area contributed by atoms with Gasteiger partial charge in [0.05, 0.1) is 11.6 Å². The van der Waals surface area contributed by atoms with Gasteiger partial charge < -0.3 is 15.0 Å². The number of nitrogens with one attached hydrogen (secondary N) is 1. The molecule has 20 heavy (non-hydrogen) atoms. The molecule has 0 radical (unpaired) electrons. The van der Waals surface area contributed by atoms with Gasteiger partial charge in [-0.3, -0.25) is 4.79 Å². The summed E-state index contributed by atoms with van der Waals surface area (Å²) in [6.45, 7) is 4.09. The van der Waals surface area contributed by atoms with Crippen molar-refractivity contribution in [1.29, 1.82) is 0 Å². The molecule has 0 saturated heterocycles. The third kappa shape index (κ3) is 1.83. The number of anilines is 1. The van der Waals surface area contributed by atoms with Gasteiger partial charge in [-0.15, -0.1) is 0 Å². The summed E-state index contributed by atoms with van der Waals surface area (Å²) in [4.78, 5) is 12.0. The molecule has 1 heterocycles. The summed E-state index contributed by atoms with van der Waals surface area (Å²) in [5, 5.41) is 14.3. The smallest absolute Gasteiger partial charge is 0.252 e. The standard InChI is InChI=1S/C16H20N2O2/c1-16(2)13(9-14(16)19)17-11-8-15(20)18(3)12-7-5-4-6-10(11)12/h4-8,13-14,17,19H,9H2,1-3H3. The minimum absolute atomic E-state index is 0.0242. The maximum atomic E-state index is 12.0. The molecule has 0 amide bonds. The summed E-state index contributed by atoms with van der Waals surface area (Å²) in [7, 11) is 1.78. The van der Waals surface area contributed by atoms with E-state index in [2.05, 4.69) is 5.32 Å². The second-order valence-corrected chi connectivity index (χ2v) is 6.24. The number of aryl methyl sites for hydroxylation is 1. The lowest BCUT2D eigenvalue weighted by molar-refractivity contribution is -0.0510. The Morgan fingerprint density at radius 1 is 1.35 bits per heavy atom. The predicted molar refractivity (Wildman–Crippen MR) is 81.0 cm³/mol. The van der Waals surface area contributed by atoms with Crippen molar-refractivity contribution >= 4 is 16.6 Å². The van der Waals surface area contributed by atoms with Gasteiger partial charge in [0, 0.05) is 35.6 Å². The van der Waals surface area contributed by atoms with Gasteiger partial charge in [-0.2, -0.15) is 0 Å². The van der Waals surface area contributed by atoms with E-state index in [1.54, 1.807) is 17.7 Å². The van der Waals surface area contributed by atoms with E-state index in [1.807, 2.05) is 38.1 Å². The molecule has 106 valence electrons. The zero-order valence-electron chi connectivity index (χ0n) is 12.1. The third-order valence-electron chi connectivity index (χ3n) is 4.70. The van der Waals surface area contributed by atoms with Gasteiger partial charge in [-0.25, -0.2) is 0 Å². The van der Waals surface area contributed by atoms with Gasteiger partial charge in [0.1, 0.15) is 0 Å². The number of aliphatic hydroxyl groups is 1. The van der Waals surface area contributed by atoms with Crippen LogP contribution in [0.15, 0.2) is 35.1 Å². The average molecular weight is 272 g/mol. The predicted octanol–water partition coefficient (Wildman–Crippen LogP) is 2.11. The maximum absolute atomic E-state index is 12.0. The van der Waals surface area contributed by atoms with Gasteiger partial charge >= 0.3 is 0 Å². The van der Waals surface area contributed by atoms with Crippen LogP contribution in [-0.4, -0.2) is 21.8 Å². The van der Waals surface area contributed by atoms with Crippen molar-refractivity contribution in [3.63, 3.8) is 0 Å². The number of para-hydroxylation sites is 1. The van der Waals surface area contributed by atoms with Crippen LogP contribution >= 0.6 is 0 Å². The molecule has 1 aromatic heterocycles. The number of nitrogens with zero attached hydrogens (tertiary/aromatic N) is 1. The maximum Gasteiger partial charge on any atom is 0.252 e. The number of hydrogen-bond acceptors (Lipinski definition) is 3. The van der Waals surface area contributed by atoms with E-state index < -0.39 is 0 Å². The first-order valence-electron chi connectivity index (χ1n) is 6.94. The second-order valence-electron chi connectivity index (χ2n) is 6.24. The second kappa shape index (κ2) is 4.35. The molecule has 0 bridgehead atoms. The SMILES string of the molecule is Cn1c(=O)cc(NC2CC(O)C2(C)C)c2ccccc21. The fourth-order valence-electron chi connectivity index (χ4n) is 2.87. The molecule has 2 N–H and O–H groups in total. The summed E-state index contributed by atoms with van der Waals surface area (Å²) in [5.74, 6) is 0. The fourth-order valence-corrected chi connectivity index (χ4v) is 2.87. The molecule has 3 rings (SSSR count). The number of aromatic nitrogens is 1. The normalized spacial score (nSPS) is 24.4. The summed E-state index contributed by atoms with van der Waals surface area (Å²) < 4.78 is 1.65. The van der Waals surface area contributed by atoms with Crippen LogP contribution in [0.4, 0.5) is 5.69 Å². The quantitative estimate of drug-likeness (QED) is 0.880. The minimum Gasteiger partial charge on any atom is -0.392 e. The molecular weight excluding hydrogens is 252 g/mol. The van der Waals surface area contributed by atoms with Crippen molar-refractivity contribution in [2.24, 2.45) is 12.5 Å². The summed E-state index contributed by atoms with van der Waals surface area (Å²) in [5.41, 5.74) is 1.58. The Balaban J connectivity index is 2.05. The van der Waals surface area contributed by atoms with E-state index in [-0.39, 0.29) is 23.1 Å². The monoisotopic (exact) mass is 272 g/mol. The van der Waals surface area contributed by atoms with Crippen molar-refractivity contribution < 1.29 is 5.11 Å². The van der Waals surface area contributed by atoms with Crippen molar-refractivity contribution in [2.75, 3.05) is 5.32 Å². The third-order valence-corrected chi connectivity index (χ3v) is 4.70. The number of aliphatic hydroxyl groups excluding tert-OH is 1. The van der Waals surface area contributed by atoms with Crippen LogP contribution in [0, 0.1) is 5.41 Å². The van der Waals surface area contributed by atoms with E-state index in [0.29, 0.717) is 0 Å². The van der Waals surface area contributed by atoms with Crippen molar-refractivity contribution in [3.8, 4) is 0 Å². The van der Waals surface area contributed by atoms with E-state index >= 15 is 0 Å². The molecule has 1 aliphatic carbocycles. The largest absolute Gasteiger partial charge is 0.392 e. The first kappa shape index (κ1) is 13.2. The molecule has 1 fully saturated rings. The molecule has 1 aromatic carbocycles. The zero-order valence-corrected chi connectivity index (χ0v) is 12.1. The van der Waals surface area contributed by atoms with Crippen LogP contribution in [0.3, 0.4) is 0 Å². The molecular formula is C16H20N2O2. The van der Waals surface area contributed by atoms with E-state index in [1.165, 1.54) is 0 Å².